The van der Waals surface area contributed by atoms with Crippen LogP contribution in [0.2, 0.25) is 0 Å². The Morgan fingerprint density at radius 1 is 1.03 bits per heavy atom. The van der Waals surface area contributed by atoms with Gasteiger partial charge in [0.2, 0.25) is 5.91 Å². The molecule has 1 amide bonds. The summed E-state index contributed by atoms with van der Waals surface area (Å²) in [5.74, 6) is 0.715. The Morgan fingerprint density at radius 3 is 2.39 bits per heavy atom. The number of hydrogen-bond acceptors (Lipinski definition) is 3. The number of carbonyl (C=O) groups excluding carboxylic acids is 1. The fourth-order valence-corrected chi connectivity index (χ4v) is 4.20. The van der Waals surface area contributed by atoms with E-state index in [9.17, 15) is 14.0 Å². The lowest BCUT2D eigenvalue weighted by Gasteiger charge is -2.31. The second kappa shape index (κ2) is 9.29. The van der Waals surface area contributed by atoms with Crippen LogP contribution in [-0.2, 0) is 31.2 Å². The first-order chi connectivity index (χ1) is 15.0. The van der Waals surface area contributed by atoms with Crippen molar-refractivity contribution in [3.05, 3.63) is 87.9 Å². The number of likely N-dealkylation sites (tertiary alicyclic amines) is 1. The molecule has 7 heteroatoms. The number of nitrogens with zero attached hydrogens (tertiary/aromatic N) is 4. The number of halogens is 1. The average Bonchev–Trinajstić information content (AvgIpc) is 3.08. The van der Waals surface area contributed by atoms with Crippen molar-refractivity contribution in [3.63, 3.8) is 0 Å². The van der Waals surface area contributed by atoms with Gasteiger partial charge in [0, 0.05) is 32.6 Å². The molecule has 0 unspecified atom stereocenters. The summed E-state index contributed by atoms with van der Waals surface area (Å²) in [7, 11) is 1.69. The average molecular weight is 423 g/mol. The maximum atomic E-state index is 13.1. The first-order valence-electron chi connectivity index (χ1n) is 10.7. The van der Waals surface area contributed by atoms with Gasteiger partial charge in [-0.3, -0.25) is 9.36 Å². The molecule has 1 aliphatic rings. The van der Waals surface area contributed by atoms with Crippen LogP contribution in [0.15, 0.2) is 59.4 Å². The van der Waals surface area contributed by atoms with Crippen molar-refractivity contribution in [2.45, 2.75) is 38.1 Å². The smallest absolute Gasteiger partial charge is 0.342 e. The number of aryl methyl sites for hydroxylation is 2. The van der Waals surface area contributed by atoms with Crippen LogP contribution < -0.4 is 5.69 Å². The molecule has 1 aliphatic heterocycles. The highest BCUT2D eigenvalue weighted by atomic mass is 19.1. The van der Waals surface area contributed by atoms with E-state index in [1.54, 1.807) is 23.7 Å². The predicted octanol–water partition coefficient (Wildman–Crippen LogP) is 2.91. The van der Waals surface area contributed by atoms with E-state index in [0.29, 0.717) is 19.6 Å². The fourth-order valence-electron chi connectivity index (χ4n) is 4.20. The summed E-state index contributed by atoms with van der Waals surface area (Å²) in [6, 6.07) is 16.2. The summed E-state index contributed by atoms with van der Waals surface area (Å²) in [5, 5.41) is 4.52. The lowest BCUT2D eigenvalue weighted by molar-refractivity contribution is -0.131. The van der Waals surface area contributed by atoms with Gasteiger partial charge in [-0.1, -0.05) is 42.5 Å². The highest BCUT2D eigenvalue weighted by Gasteiger charge is 2.28. The minimum absolute atomic E-state index is 0.0487. The van der Waals surface area contributed by atoms with Crippen LogP contribution in [0, 0.1) is 5.82 Å². The van der Waals surface area contributed by atoms with Crippen molar-refractivity contribution >= 4 is 5.91 Å². The Labute approximate surface area is 180 Å². The molecule has 31 heavy (non-hydrogen) atoms. The number of hydrogen-bond donors (Lipinski definition) is 0. The van der Waals surface area contributed by atoms with E-state index in [2.05, 4.69) is 17.2 Å². The fraction of sp³-hybridized carbons (Fsp3) is 0.375. The van der Waals surface area contributed by atoms with Crippen LogP contribution in [-0.4, -0.2) is 38.2 Å². The maximum absolute atomic E-state index is 13.1. The summed E-state index contributed by atoms with van der Waals surface area (Å²) >= 11 is 0. The molecule has 0 aliphatic carbocycles. The van der Waals surface area contributed by atoms with Gasteiger partial charge in [-0.2, -0.15) is 5.10 Å². The Kier molecular flexibility index (Phi) is 6.30. The minimum atomic E-state index is -0.300. The molecular weight excluding hydrogens is 395 g/mol. The van der Waals surface area contributed by atoms with Crippen LogP contribution in [0.3, 0.4) is 0 Å². The Bertz CT molecular complexity index is 1080. The van der Waals surface area contributed by atoms with Crippen molar-refractivity contribution in [1.82, 2.24) is 19.2 Å². The van der Waals surface area contributed by atoms with E-state index >= 15 is 0 Å². The lowest BCUT2D eigenvalue weighted by Crippen LogP contribution is -2.39. The van der Waals surface area contributed by atoms with Gasteiger partial charge in [0.05, 0.1) is 6.42 Å². The number of rotatable bonds is 6. The van der Waals surface area contributed by atoms with Gasteiger partial charge in [-0.15, -0.1) is 0 Å². The highest BCUT2D eigenvalue weighted by Crippen LogP contribution is 2.26. The molecule has 162 valence electrons. The Hall–Kier alpha value is -3.22. The number of aromatic nitrogens is 3. The van der Waals surface area contributed by atoms with Crippen molar-refractivity contribution < 1.29 is 9.18 Å². The minimum Gasteiger partial charge on any atom is -0.342 e. The third kappa shape index (κ3) is 4.93. The largest absolute Gasteiger partial charge is 0.345 e. The molecule has 2 aromatic carbocycles. The van der Waals surface area contributed by atoms with Gasteiger partial charge in [-0.25, -0.2) is 13.9 Å². The molecule has 0 bridgehead atoms. The molecule has 0 saturated carbocycles. The maximum Gasteiger partial charge on any atom is 0.345 e. The van der Waals surface area contributed by atoms with Gasteiger partial charge in [-0.05, 0) is 42.5 Å². The number of amides is 1. The molecule has 4 rings (SSSR count). The summed E-state index contributed by atoms with van der Waals surface area (Å²) in [4.78, 5) is 27.1. The number of carbonyl (C=O) groups is 1. The van der Waals surface area contributed by atoms with E-state index in [1.807, 2.05) is 23.1 Å². The lowest BCUT2D eigenvalue weighted by atomic mass is 9.95. The summed E-state index contributed by atoms with van der Waals surface area (Å²) in [6.07, 6.45) is 2.60. The molecule has 1 aromatic heterocycles. The van der Waals surface area contributed by atoms with Crippen molar-refractivity contribution in [2.75, 3.05) is 13.1 Å². The molecule has 0 radical (unpaired) electrons. The molecule has 2 heterocycles. The number of piperidine rings is 1. The monoisotopic (exact) mass is 422 g/mol. The van der Waals surface area contributed by atoms with Crippen molar-refractivity contribution in [2.24, 2.45) is 7.05 Å². The second-order valence-corrected chi connectivity index (χ2v) is 8.11. The zero-order valence-corrected chi connectivity index (χ0v) is 17.7. The molecule has 0 spiro atoms. The standard InChI is InChI=1S/C24H27FN4O2/c1-27-24(31)29(16-11-18-5-3-2-4-6-18)23(26-27)20-12-14-28(15-13-20)22(30)17-19-7-9-21(25)10-8-19/h2-10,20H,11-17H2,1H3. The molecule has 0 atom stereocenters. The van der Waals surface area contributed by atoms with Crippen molar-refractivity contribution in [3.8, 4) is 0 Å². The zero-order valence-electron chi connectivity index (χ0n) is 17.7. The van der Waals surface area contributed by atoms with Crippen molar-refractivity contribution in [1.29, 1.82) is 0 Å². The number of benzene rings is 2. The third-order valence-electron chi connectivity index (χ3n) is 5.99. The summed E-state index contributed by atoms with van der Waals surface area (Å²) in [6.45, 7) is 1.86. The van der Waals surface area contributed by atoms with E-state index in [-0.39, 0.29) is 29.8 Å². The zero-order chi connectivity index (χ0) is 21.8. The first kappa shape index (κ1) is 21.0. The normalized spacial score (nSPS) is 14.7. The van der Waals surface area contributed by atoms with Crippen LogP contribution in [0.25, 0.3) is 0 Å². The van der Waals surface area contributed by atoms with Crippen LogP contribution in [0.1, 0.15) is 35.7 Å². The van der Waals surface area contributed by atoms with Gasteiger partial charge >= 0.3 is 5.69 Å². The van der Waals surface area contributed by atoms with E-state index in [4.69, 9.17) is 0 Å². The summed E-state index contributed by atoms with van der Waals surface area (Å²) in [5.41, 5.74) is 1.90. The highest BCUT2D eigenvalue weighted by molar-refractivity contribution is 5.78. The molecular formula is C24H27FN4O2. The van der Waals surface area contributed by atoms with Gasteiger partial charge in [0.1, 0.15) is 11.6 Å². The van der Waals surface area contributed by atoms with E-state index in [0.717, 1.165) is 30.7 Å². The topological polar surface area (TPSA) is 60.1 Å². The molecule has 3 aromatic rings. The quantitative estimate of drug-likeness (QED) is 0.614. The SMILES string of the molecule is Cn1nc(C2CCN(C(=O)Cc3ccc(F)cc3)CC2)n(CCc2ccccc2)c1=O. The second-order valence-electron chi connectivity index (χ2n) is 8.11. The van der Waals surface area contributed by atoms with E-state index in [1.165, 1.54) is 22.4 Å². The van der Waals surface area contributed by atoms with Crippen LogP contribution in [0.4, 0.5) is 4.39 Å². The van der Waals surface area contributed by atoms with Gasteiger partial charge in [0.15, 0.2) is 0 Å². The first-order valence-corrected chi connectivity index (χ1v) is 10.7. The van der Waals surface area contributed by atoms with E-state index < -0.39 is 0 Å². The molecule has 6 nitrogen and oxygen atoms in total. The third-order valence-corrected chi connectivity index (χ3v) is 5.99. The molecule has 1 saturated heterocycles. The summed E-state index contributed by atoms with van der Waals surface area (Å²) < 4.78 is 16.3. The van der Waals surface area contributed by atoms with Crippen LogP contribution in [0.5, 0.6) is 0 Å². The predicted molar refractivity (Wildman–Crippen MR) is 116 cm³/mol. The Morgan fingerprint density at radius 2 is 1.71 bits per heavy atom. The molecule has 1 fully saturated rings. The van der Waals surface area contributed by atoms with Gasteiger partial charge < -0.3 is 4.90 Å². The Balaban J connectivity index is 1.39. The molecule has 0 N–H and O–H groups in total. The van der Waals surface area contributed by atoms with Gasteiger partial charge in [0.25, 0.3) is 0 Å². The van der Waals surface area contributed by atoms with Crippen LogP contribution >= 0.6 is 0 Å².